The van der Waals surface area contributed by atoms with E-state index in [9.17, 15) is 18.0 Å². The number of carbonyl (C=O) groups excluding carboxylic acids is 2. The molecule has 1 saturated heterocycles. The summed E-state index contributed by atoms with van der Waals surface area (Å²) in [6.07, 6.45) is 4.22. The number of aryl methyl sites for hydroxylation is 1. The number of hydrogen-bond acceptors (Lipinski definition) is 4. The average molecular weight is 393 g/mol. The van der Waals surface area contributed by atoms with Crippen LogP contribution in [0.1, 0.15) is 57.1 Å². The molecule has 0 radical (unpaired) electrons. The Kier molecular flexibility index (Phi) is 5.72. The Morgan fingerprint density at radius 3 is 2.30 bits per heavy atom. The fourth-order valence-corrected chi connectivity index (χ4v) is 5.64. The minimum absolute atomic E-state index is 0.104. The molecule has 0 unspecified atom stereocenters. The van der Waals surface area contributed by atoms with Gasteiger partial charge in [0.15, 0.2) is 0 Å². The maximum atomic E-state index is 12.7. The predicted octanol–water partition coefficient (Wildman–Crippen LogP) is 2.75. The quantitative estimate of drug-likeness (QED) is 0.755. The largest absolute Gasteiger partial charge is 0.278 e. The molecule has 3 atom stereocenters. The van der Waals surface area contributed by atoms with Crippen LogP contribution in [0.3, 0.4) is 0 Å². The molecule has 1 N–H and O–H groups in total. The Labute approximate surface area is 161 Å². The highest BCUT2D eigenvalue weighted by molar-refractivity contribution is 7.89. The number of hydrogen-bond donors (Lipinski definition) is 1. The summed E-state index contributed by atoms with van der Waals surface area (Å²) in [6.45, 7) is 5.62. The van der Waals surface area contributed by atoms with E-state index in [0.717, 1.165) is 25.7 Å². The second-order valence-electron chi connectivity index (χ2n) is 7.79. The Hall–Kier alpha value is -1.73. The first-order valence-corrected chi connectivity index (χ1v) is 11.2. The van der Waals surface area contributed by atoms with Crippen molar-refractivity contribution in [3.63, 3.8) is 0 Å². The van der Waals surface area contributed by atoms with Crippen molar-refractivity contribution in [2.24, 2.45) is 11.8 Å². The predicted molar refractivity (Wildman–Crippen MR) is 102 cm³/mol. The van der Waals surface area contributed by atoms with Crippen molar-refractivity contribution in [3.8, 4) is 0 Å². The van der Waals surface area contributed by atoms with E-state index >= 15 is 0 Å². The molecular formula is C20H28N2O4S. The van der Waals surface area contributed by atoms with Crippen LogP contribution in [0.2, 0.25) is 0 Å². The molecule has 1 aromatic rings. The van der Waals surface area contributed by atoms with Gasteiger partial charge in [-0.25, -0.2) is 13.1 Å². The van der Waals surface area contributed by atoms with Crippen molar-refractivity contribution in [1.82, 2.24) is 9.62 Å². The fourth-order valence-electron chi connectivity index (χ4n) is 4.01. The van der Waals surface area contributed by atoms with Crippen molar-refractivity contribution in [2.45, 2.75) is 70.4 Å². The smallest absolute Gasteiger partial charge is 0.241 e. The number of likely N-dealkylation sites (tertiary alicyclic amines) is 1. The lowest BCUT2D eigenvalue weighted by atomic mass is 9.81. The maximum absolute atomic E-state index is 12.7. The standard InChI is InChI=1S/C20H28N2O4S/c1-4-14(3)21-27(25,26)18-11-15(10-9-13(18)2)12-22-19(23)16-7-5-6-8-17(16)20(22)24/h9-11,14,16-17,21H,4-8,12H2,1-3H3/t14-,16+,17+/m0/s1. The van der Waals surface area contributed by atoms with Crippen molar-refractivity contribution in [2.75, 3.05) is 0 Å². The number of carbonyl (C=O) groups is 2. The number of amides is 2. The molecule has 2 fully saturated rings. The highest BCUT2D eigenvalue weighted by Crippen LogP contribution is 2.38. The van der Waals surface area contributed by atoms with Gasteiger partial charge in [-0.05, 0) is 50.3 Å². The summed E-state index contributed by atoms with van der Waals surface area (Å²) in [5.41, 5.74) is 1.30. The van der Waals surface area contributed by atoms with E-state index in [-0.39, 0.29) is 41.1 Å². The van der Waals surface area contributed by atoms with Gasteiger partial charge in [0.25, 0.3) is 0 Å². The van der Waals surface area contributed by atoms with Crippen molar-refractivity contribution in [1.29, 1.82) is 0 Å². The highest BCUT2D eigenvalue weighted by Gasteiger charge is 2.47. The van der Waals surface area contributed by atoms with Crippen molar-refractivity contribution >= 4 is 21.8 Å². The van der Waals surface area contributed by atoms with E-state index in [1.54, 1.807) is 25.1 Å². The lowest BCUT2D eigenvalue weighted by molar-refractivity contribution is -0.140. The van der Waals surface area contributed by atoms with Crippen LogP contribution in [-0.4, -0.2) is 31.2 Å². The fraction of sp³-hybridized carbons (Fsp3) is 0.600. The molecule has 2 aliphatic rings. The minimum atomic E-state index is -3.64. The van der Waals surface area contributed by atoms with E-state index in [4.69, 9.17) is 0 Å². The topological polar surface area (TPSA) is 83.6 Å². The Morgan fingerprint density at radius 2 is 1.74 bits per heavy atom. The summed E-state index contributed by atoms with van der Waals surface area (Å²) >= 11 is 0. The van der Waals surface area contributed by atoms with Gasteiger partial charge >= 0.3 is 0 Å². The lowest BCUT2D eigenvalue weighted by Gasteiger charge is -2.19. The monoisotopic (exact) mass is 392 g/mol. The zero-order valence-corrected chi connectivity index (χ0v) is 17.0. The number of imide groups is 1. The van der Waals surface area contributed by atoms with Crippen molar-refractivity contribution < 1.29 is 18.0 Å². The Balaban J connectivity index is 1.84. The SMILES string of the molecule is CC[C@H](C)NS(=O)(=O)c1cc(CN2C(=O)[C@@H]3CCCC[C@H]3C2=O)ccc1C. The molecular weight excluding hydrogens is 364 g/mol. The summed E-state index contributed by atoms with van der Waals surface area (Å²) in [7, 11) is -3.64. The van der Waals surface area contributed by atoms with Gasteiger partial charge in [0, 0.05) is 6.04 Å². The normalized spacial score (nSPS) is 24.2. The number of nitrogens with one attached hydrogen (secondary N) is 1. The first-order chi connectivity index (χ1) is 12.7. The van der Waals surface area contributed by atoms with Crippen LogP contribution in [0.15, 0.2) is 23.1 Å². The third-order valence-electron chi connectivity index (χ3n) is 5.78. The van der Waals surface area contributed by atoms with Crippen LogP contribution in [0.25, 0.3) is 0 Å². The third-order valence-corrected chi connectivity index (χ3v) is 7.52. The lowest BCUT2D eigenvalue weighted by Crippen LogP contribution is -2.33. The van der Waals surface area contributed by atoms with Crippen LogP contribution >= 0.6 is 0 Å². The molecule has 1 aromatic carbocycles. The van der Waals surface area contributed by atoms with Crippen LogP contribution in [0.4, 0.5) is 0 Å². The summed E-state index contributed by atoms with van der Waals surface area (Å²) in [4.78, 5) is 26.9. The summed E-state index contributed by atoms with van der Waals surface area (Å²) in [5, 5.41) is 0. The molecule has 6 nitrogen and oxygen atoms in total. The van der Waals surface area contributed by atoms with Gasteiger partial charge in [0.1, 0.15) is 0 Å². The zero-order valence-electron chi connectivity index (χ0n) is 16.2. The van der Waals surface area contributed by atoms with E-state index in [0.29, 0.717) is 17.5 Å². The molecule has 0 aromatic heterocycles. The number of rotatable bonds is 6. The van der Waals surface area contributed by atoms with Crippen LogP contribution in [0, 0.1) is 18.8 Å². The Bertz CT molecular complexity index is 826. The highest BCUT2D eigenvalue weighted by atomic mass is 32.2. The molecule has 1 heterocycles. The van der Waals surface area contributed by atoms with E-state index in [1.165, 1.54) is 4.90 Å². The minimum Gasteiger partial charge on any atom is -0.278 e. The van der Waals surface area contributed by atoms with E-state index < -0.39 is 10.0 Å². The van der Waals surface area contributed by atoms with Gasteiger partial charge in [-0.2, -0.15) is 0 Å². The summed E-state index contributed by atoms with van der Waals surface area (Å²) in [5.74, 6) is -0.584. The Morgan fingerprint density at radius 1 is 1.15 bits per heavy atom. The van der Waals surface area contributed by atoms with Gasteiger partial charge in [-0.1, -0.05) is 31.9 Å². The molecule has 7 heteroatoms. The van der Waals surface area contributed by atoms with Crippen LogP contribution < -0.4 is 4.72 Å². The summed E-state index contributed by atoms with van der Waals surface area (Å²) < 4.78 is 28.0. The first kappa shape index (κ1) is 20.0. The van der Waals surface area contributed by atoms with Crippen molar-refractivity contribution in [3.05, 3.63) is 29.3 Å². The molecule has 1 aliphatic carbocycles. The molecule has 2 amide bonds. The zero-order chi connectivity index (χ0) is 19.8. The maximum Gasteiger partial charge on any atom is 0.241 e. The van der Waals surface area contributed by atoms with E-state index in [1.807, 2.05) is 13.8 Å². The second kappa shape index (κ2) is 7.72. The molecule has 3 rings (SSSR count). The van der Waals surface area contributed by atoms with Gasteiger partial charge in [0.05, 0.1) is 23.3 Å². The average Bonchev–Trinajstić information content (AvgIpc) is 2.88. The summed E-state index contributed by atoms with van der Waals surface area (Å²) in [6, 6.07) is 4.95. The van der Waals surface area contributed by atoms with Gasteiger partial charge in [-0.3, -0.25) is 14.5 Å². The molecule has 1 aliphatic heterocycles. The molecule has 0 bridgehead atoms. The van der Waals surface area contributed by atoms with Gasteiger partial charge in [0.2, 0.25) is 21.8 Å². The number of sulfonamides is 1. The second-order valence-corrected chi connectivity index (χ2v) is 9.47. The number of benzene rings is 1. The van der Waals surface area contributed by atoms with E-state index in [2.05, 4.69) is 4.72 Å². The first-order valence-electron chi connectivity index (χ1n) is 9.71. The number of fused-ring (bicyclic) bond motifs is 1. The van der Waals surface area contributed by atoms with Crippen LogP contribution in [0.5, 0.6) is 0 Å². The number of nitrogens with zero attached hydrogens (tertiary/aromatic N) is 1. The molecule has 0 spiro atoms. The molecule has 27 heavy (non-hydrogen) atoms. The van der Waals surface area contributed by atoms with Gasteiger partial charge in [-0.15, -0.1) is 0 Å². The molecule has 1 saturated carbocycles. The molecule has 148 valence electrons. The van der Waals surface area contributed by atoms with Gasteiger partial charge < -0.3 is 0 Å². The third kappa shape index (κ3) is 3.94. The van der Waals surface area contributed by atoms with Crippen LogP contribution in [-0.2, 0) is 26.2 Å².